The molecule has 1 aliphatic rings. The van der Waals surface area contributed by atoms with Gasteiger partial charge >= 0.3 is 0 Å². The lowest BCUT2D eigenvalue weighted by atomic mass is 9.84. The number of nitrogens with two attached hydrogens (primary N) is 1. The van der Waals surface area contributed by atoms with Crippen LogP contribution >= 0.6 is 11.8 Å². The molecule has 0 atom stereocenters. The number of primary amides is 1. The van der Waals surface area contributed by atoms with Crippen molar-refractivity contribution in [1.29, 1.82) is 0 Å². The monoisotopic (exact) mass is 297 g/mol. The van der Waals surface area contributed by atoms with Crippen molar-refractivity contribution in [3.05, 3.63) is 71.8 Å². The van der Waals surface area contributed by atoms with Crippen LogP contribution in [-0.4, -0.2) is 10.7 Å². The molecule has 3 rings (SSSR count). The maximum Gasteiger partial charge on any atom is 0.233 e. The van der Waals surface area contributed by atoms with Gasteiger partial charge in [-0.3, -0.25) is 4.79 Å². The molecule has 2 N–H and O–H groups in total. The Morgan fingerprint density at radius 1 is 0.952 bits per heavy atom. The van der Waals surface area contributed by atoms with Gasteiger partial charge in [0, 0.05) is 0 Å². The predicted molar refractivity (Wildman–Crippen MR) is 88.1 cm³/mol. The number of carbonyl (C=O) groups excluding carboxylic acids is 1. The first-order chi connectivity index (χ1) is 10.2. The summed E-state index contributed by atoms with van der Waals surface area (Å²) in [5, 5.41) is 0.153. The van der Waals surface area contributed by atoms with Gasteiger partial charge in [-0.2, -0.15) is 0 Å². The maximum atomic E-state index is 11.9. The van der Waals surface area contributed by atoms with Crippen LogP contribution in [0.3, 0.4) is 0 Å². The first-order valence-electron chi connectivity index (χ1n) is 7.29. The molecule has 108 valence electrons. The highest BCUT2D eigenvalue weighted by Gasteiger charge is 2.45. The van der Waals surface area contributed by atoms with E-state index in [0.29, 0.717) is 0 Å². The van der Waals surface area contributed by atoms with Crippen molar-refractivity contribution in [2.45, 2.75) is 29.3 Å². The topological polar surface area (TPSA) is 43.1 Å². The van der Waals surface area contributed by atoms with E-state index in [2.05, 4.69) is 24.3 Å². The highest BCUT2D eigenvalue weighted by atomic mass is 32.2. The first-order valence-corrected chi connectivity index (χ1v) is 8.17. The van der Waals surface area contributed by atoms with E-state index in [9.17, 15) is 4.79 Å². The fraction of sp³-hybridized carbons (Fsp3) is 0.278. The molecule has 2 aromatic rings. The zero-order valence-electron chi connectivity index (χ0n) is 11.9. The van der Waals surface area contributed by atoms with Crippen LogP contribution in [0, 0.1) is 0 Å². The largest absolute Gasteiger partial charge is 0.368 e. The average Bonchev–Trinajstić information content (AvgIpc) is 2.48. The minimum absolute atomic E-state index is 0.153. The highest BCUT2D eigenvalue weighted by Crippen LogP contribution is 2.52. The second-order valence-corrected chi connectivity index (χ2v) is 7.02. The Hall–Kier alpha value is -1.74. The van der Waals surface area contributed by atoms with Gasteiger partial charge in [0.15, 0.2) is 0 Å². The highest BCUT2D eigenvalue weighted by molar-refractivity contribution is 8.01. The first kappa shape index (κ1) is 14.2. The van der Waals surface area contributed by atoms with Crippen molar-refractivity contribution in [3.8, 4) is 0 Å². The van der Waals surface area contributed by atoms with Crippen molar-refractivity contribution < 1.29 is 4.79 Å². The van der Waals surface area contributed by atoms with E-state index in [4.69, 9.17) is 5.73 Å². The normalized spacial score (nSPS) is 16.4. The number of hydrogen-bond donors (Lipinski definition) is 1. The summed E-state index contributed by atoms with van der Waals surface area (Å²) in [6.07, 6.45) is 2.87. The number of carbonyl (C=O) groups is 1. The van der Waals surface area contributed by atoms with Crippen LogP contribution in [0.1, 0.15) is 35.6 Å². The third kappa shape index (κ3) is 2.84. The summed E-state index contributed by atoms with van der Waals surface area (Å²) in [6, 6.07) is 20.7. The second-order valence-electron chi connectivity index (χ2n) is 5.53. The molecule has 0 unspecified atom stereocenters. The lowest BCUT2D eigenvalue weighted by molar-refractivity contribution is -0.122. The van der Waals surface area contributed by atoms with Gasteiger partial charge in [-0.05, 0) is 30.4 Å². The van der Waals surface area contributed by atoms with Gasteiger partial charge in [0.1, 0.15) is 0 Å². The molecule has 0 spiro atoms. The zero-order valence-corrected chi connectivity index (χ0v) is 12.7. The Morgan fingerprint density at radius 2 is 1.43 bits per heavy atom. The predicted octanol–water partition coefficient (Wildman–Crippen LogP) is 3.92. The standard InChI is InChI=1S/C18H19NOS/c19-17(20)18(12-7-13-18)21-16(14-8-3-1-4-9-14)15-10-5-2-6-11-15/h1-6,8-11,16H,7,12-13H2,(H2,19,20). The molecule has 0 aromatic heterocycles. The molecule has 0 radical (unpaired) electrons. The Morgan fingerprint density at radius 3 is 1.76 bits per heavy atom. The molecule has 21 heavy (non-hydrogen) atoms. The summed E-state index contributed by atoms with van der Waals surface area (Å²) < 4.78 is -0.393. The van der Waals surface area contributed by atoms with Crippen molar-refractivity contribution in [3.63, 3.8) is 0 Å². The van der Waals surface area contributed by atoms with Crippen LogP contribution < -0.4 is 5.73 Å². The Balaban J connectivity index is 1.95. The summed E-state index contributed by atoms with van der Waals surface area (Å²) in [7, 11) is 0. The summed E-state index contributed by atoms with van der Waals surface area (Å²) in [5.74, 6) is -0.171. The number of hydrogen-bond acceptors (Lipinski definition) is 2. The lowest BCUT2D eigenvalue weighted by Gasteiger charge is -2.40. The van der Waals surface area contributed by atoms with Crippen molar-refractivity contribution in [1.82, 2.24) is 0 Å². The molecule has 0 aliphatic heterocycles. The molecule has 0 heterocycles. The summed E-state index contributed by atoms with van der Waals surface area (Å²) >= 11 is 1.72. The number of benzene rings is 2. The van der Waals surface area contributed by atoms with E-state index in [1.165, 1.54) is 11.1 Å². The molecule has 1 fully saturated rings. The van der Waals surface area contributed by atoms with Crippen molar-refractivity contribution in [2.24, 2.45) is 5.73 Å². The Labute approximate surface area is 129 Å². The number of amides is 1. The maximum absolute atomic E-state index is 11.9. The fourth-order valence-corrected chi connectivity index (χ4v) is 4.41. The molecule has 1 aliphatic carbocycles. The smallest absolute Gasteiger partial charge is 0.233 e. The minimum Gasteiger partial charge on any atom is -0.368 e. The molecule has 0 bridgehead atoms. The summed E-state index contributed by atoms with van der Waals surface area (Å²) in [6.45, 7) is 0. The summed E-state index contributed by atoms with van der Waals surface area (Å²) in [5.41, 5.74) is 8.12. The third-order valence-corrected chi connectivity index (χ3v) is 6.00. The van der Waals surface area contributed by atoms with Gasteiger partial charge in [0.05, 0.1) is 10.00 Å². The van der Waals surface area contributed by atoms with E-state index >= 15 is 0 Å². The lowest BCUT2D eigenvalue weighted by Crippen LogP contribution is -2.47. The molecule has 2 aromatic carbocycles. The molecule has 3 heteroatoms. The molecule has 2 nitrogen and oxygen atoms in total. The SMILES string of the molecule is NC(=O)C1(SC(c2ccccc2)c2ccccc2)CCC1. The van der Waals surface area contributed by atoms with Gasteiger partial charge in [-0.1, -0.05) is 60.7 Å². The van der Waals surface area contributed by atoms with Crippen LogP contribution in [0.25, 0.3) is 0 Å². The van der Waals surface area contributed by atoms with E-state index in [-0.39, 0.29) is 11.2 Å². The van der Waals surface area contributed by atoms with Crippen LogP contribution in [-0.2, 0) is 4.79 Å². The average molecular weight is 297 g/mol. The van der Waals surface area contributed by atoms with Gasteiger partial charge in [-0.15, -0.1) is 11.8 Å². The van der Waals surface area contributed by atoms with E-state index in [1.807, 2.05) is 36.4 Å². The van der Waals surface area contributed by atoms with Crippen LogP contribution in [0.5, 0.6) is 0 Å². The van der Waals surface area contributed by atoms with Crippen LogP contribution in [0.2, 0.25) is 0 Å². The van der Waals surface area contributed by atoms with Gasteiger partial charge in [-0.25, -0.2) is 0 Å². The fourth-order valence-electron chi connectivity index (χ4n) is 2.73. The Kier molecular flexibility index (Phi) is 4.02. The minimum atomic E-state index is -0.393. The van der Waals surface area contributed by atoms with E-state index in [0.717, 1.165) is 19.3 Å². The number of rotatable bonds is 5. The van der Waals surface area contributed by atoms with Gasteiger partial charge in [0.2, 0.25) is 5.91 Å². The molecular formula is C18H19NOS. The Bertz CT molecular complexity index is 568. The molecular weight excluding hydrogens is 278 g/mol. The molecule has 1 amide bonds. The quantitative estimate of drug-likeness (QED) is 0.909. The molecule has 1 saturated carbocycles. The zero-order chi connectivity index (χ0) is 14.7. The van der Waals surface area contributed by atoms with Gasteiger partial charge in [0.25, 0.3) is 0 Å². The second kappa shape index (κ2) is 5.94. The van der Waals surface area contributed by atoms with E-state index in [1.54, 1.807) is 11.8 Å². The van der Waals surface area contributed by atoms with Crippen LogP contribution in [0.4, 0.5) is 0 Å². The van der Waals surface area contributed by atoms with Crippen LogP contribution in [0.15, 0.2) is 60.7 Å². The number of thioether (sulfide) groups is 1. The van der Waals surface area contributed by atoms with Gasteiger partial charge < -0.3 is 5.73 Å². The van der Waals surface area contributed by atoms with Crippen molar-refractivity contribution in [2.75, 3.05) is 0 Å². The van der Waals surface area contributed by atoms with E-state index < -0.39 is 4.75 Å². The third-order valence-electron chi connectivity index (χ3n) is 4.16. The molecule has 0 saturated heterocycles. The van der Waals surface area contributed by atoms with Crippen molar-refractivity contribution >= 4 is 17.7 Å². The summed E-state index contributed by atoms with van der Waals surface area (Å²) in [4.78, 5) is 11.9.